The van der Waals surface area contributed by atoms with Crippen molar-refractivity contribution in [1.82, 2.24) is 19.9 Å². The Bertz CT molecular complexity index is 1030. The molecule has 4 heterocycles. The molecule has 2 aliphatic rings. The van der Waals surface area contributed by atoms with Crippen LogP contribution in [0.15, 0.2) is 30.6 Å². The van der Waals surface area contributed by atoms with E-state index in [1.165, 1.54) is 11.1 Å². The molecule has 7 nitrogen and oxygen atoms in total. The maximum Gasteiger partial charge on any atom is 0.143 e. The molecule has 3 aromatic rings. The number of aromatic nitrogens is 3. The molecule has 1 saturated heterocycles. The maximum atomic E-state index is 6.20. The van der Waals surface area contributed by atoms with Crippen molar-refractivity contribution in [3.8, 4) is 5.75 Å². The van der Waals surface area contributed by atoms with Gasteiger partial charge in [0.2, 0.25) is 0 Å². The molecule has 7 heteroatoms. The number of nitrogens with zero attached hydrogens (tertiary/aromatic N) is 3. The first kappa shape index (κ1) is 18.4. The Kier molecular flexibility index (Phi) is 4.64. The molecule has 0 saturated carbocycles. The number of fused-ring (bicyclic) bond motifs is 2. The van der Waals surface area contributed by atoms with Gasteiger partial charge in [0, 0.05) is 24.3 Å². The molecule has 2 aliphatic heterocycles. The largest absolute Gasteiger partial charge is 0.491 e. The minimum absolute atomic E-state index is 0.0676. The van der Waals surface area contributed by atoms with Crippen LogP contribution in [0.1, 0.15) is 29.8 Å². The van der Waals surface area contributed by atoms with Crippen molar-refractivity contribution in [2.24, 2.45) is 0 Å². The van der Waals surface area contributed by atoms with Crippen LogP contribution in [0, 0.1) is 13.8 Å². The van der Waals surface area contributed by atoms with Crippen molar-refractivity contribution in [3.63, 3.8) is 0 Å². The zero-order valence-corrected chi connectivity index (χ0v) is 17.1. The standard InChI is InChI=1S/C22H27N5O2/c1-13-4-5-16-19(8-13)29-11-18(27-6-7-28-15(3)10-27)20(16)26-22-17-9-14(2)25-21(17)23-12-24-22/h4-5,8-9,12,15,18,20H,6-7,10-11H2,1-3H3,(H2,23,24,25,26). The molecule has 0 spiro atoms. The maximum absolute atomic E-state index is 6.20. The highest BCUT2D eigenvalue weighted by molar-refractivity contribution is 5.87. The minimum atomic E-state index is 0.0676. The highest BCUT2D eigenvalue weighted by Crippen LogP contribution is 2.38. The van der Waals surface area contributed by atoms with Crippen molar-refractivity contribution >= 4 is 16.9 Å². The van der Waals surface area contributed by atoms with E-state index in [1.807, 2.05) is 6.92 Å². The number of rotatable bonds is 3. The first-order chi connectivity index (χ1) is 14.1. The summed E-state index contributed by atoms with van der Waals surface area (Å²) in [6, 6.07) is 8.81. The van der Waals surface area contributed by atoms with Crippen LogP contribution in [0.3, 0.4) is 0 Å². The van der Waals surface area contributed by atoms with Gasteiger partial charge in [0.05, 0.1) is 30.2 Å². The number of morpholine rings is 1. The van der Waals surface area contributed by atoms with Crippen LogP contribution in [0.2, 0.25) is 0 Å². The summed E-state index contributed by atoms with van der Waals surface area (Å²) in [6.07, 6.45) is 1.84. The number of nitrogens with one attached hydrogen (secondary N) is 2. The van der Waals surface area contributed by atoms with Crippen molar-refractivity contribution < 1.29 is 9.47 Å². The van der Waals surface area contributed by atoms with E-state index in [-0.39, 0.29) is 18.2 Å². The Morgan fingerprint density at radius 3 is 2.97 bits per heavy atom. The molecule has 0 radical (unpaired) electrons. The van der Waals surface area contributed by atoms with Gasteiger partial charge in [-0.2, -0.15) is 0 Å². The van der Waals surface area contributed by atoms with E-state index in [4.69, 9.17) is 9.47 Å². The first-order valence-electron chi connectivity index (χ1n) is 10.2. The lowest BCUT2D eigenvalue weighted by Crippen LogP contribution is -2.54. The summed E-state index contributed by atoms with van der Waals surface area (Å²) in [5.74, 6) is 1.81. The number of ether oxygens (including phenoxy) is 2. The van der Waals surface area contributed by atoms with E-state index in [9.17, 15) is 0 Å². The summed E-state index contributed by atoms with van der Waals surface area (Å²) in [7, 11) is 0. The Balaban J connectivity index is 1.55. The fourth-order valence-corrected chi connectivity index (χ4v) is 4.47. The minimum Gasteiger partial charge on any atom is -0.491 e. The van der Waals surface area contributed by atoms with E-state index >= 15 is 0 Å². The normalized spacial score (nSPS) is 24.9. The molecule has 0 aliphatic carbocycles. The average Bonchev–Trinajstić information content (AvgIpc) is 3.09. The average molecular weight is 393 g/mol. The molecule has 3 unspecified atom stereocenters. The quantitative estimate of drug-likeness (QED) is 0.712. The first-order valence-corrected chi connectivity index (χ1v) is 10.2. The zero-order valence-electron chi connectivity index (χ0n) is 17.1. The van der Waals surface area contributed by atoms with Crippen LogP contribution < -0.4 is 10.1 Å². The molecule has 152 valence electrons. The van der Waals surface area contributed by atoms with E-state index < -0.39 is 0 Å². The van der Waals surface area contributed by atoms with Gasteiger partial charge in [-0.1, -0.05) is 12.1 Å². The van der Waals surface area contributed by atoms with Gasteiger partial charge in [0.15, 0.2) is 0 Å². The van der Waals surface area contributed by atoms with Gasteiger partial charge < -0.3 is 19.8 Å². The number of anilines is 1. The van der Waals surface area contributed by atoms with Gasteiger partial charge in [0.1, 0.15) is 30.1 Å². The van der Waals surface area contributed by atoms with Crippen LogP contribution in [0.25, 0.3) is 11.0 Å². The number of hydrogen-bond acceptors (Lipinski definition) is 6. The van der Waals surface area contributed by atoms with Gasteiger partial charge in [-0.3, -0.25) is 4.90 Å². The number of hydrogen-bond donors (Lipinski definition) is 2. The van der Waals surface area contributed by atoms with E-state index in [0.717, 1.165) is 48.0 Å². The van der Waals surface area contributed by atoms with Crippen LogP contribution in [-0.2, 0) is 4.74 Å². The molecule has 3 atom stereocenters. The van der Waals surface area contributed by atoms with Gasteiger partial charge in [-0.15, -0.1) is 0 Å². The third-order valence-electron chi connectivity index (χ3n) is 5.89. The highest BCUT2D eigenvalue weighted by Gasteiger charge is 2.37. The van der Waals surface area contributed by atoms with Crippen molar-refractivity contribution in [3.05, 3.63) is 47.4 Å². The molecule has 2 aromatic heterocycles. The van der Waals surface area contributed by atoms with Crippen LogP contribution in [0.4, 0.5) is 5.82 Å². The lowest BCUT2D eigenvalue weighted by molar-refractivity contribution is -0.0465. The summed E-state index contributed by atoms with van der Waals surface area (Å²) in [6.45, 7) is 9.46. The lowest BCUT2D eigenvalue weighted by atomic mass is 9.93. The van der Waals surface area contributed by atoms with E-state index in [0.29, 0.717) is 6.61 Å². The Morgan fingerprint density at radius 2 is 2.10 bits per heavy atom. The summed E-state index contributed by atoms with van der Waals surface area (Å²) >= 11 is 0. The van der Waals surface area contributed by atoms with Crippen molar-refractivity contribution in [2.45, 2.75) is 39.0 Å². The molecule has 0 amide bonds. The summed E-state index contributed by atoms with van der Waals surface area (Å²) in [4.78, 5) is 14.7. The third-order valence-corrected chi connectivity index (χ3v) is 5.89. The van der Waals surface area contributed by atoms with Crippen LogP contribution >= 0.6 is 0 Å². The van der Waals surface area contributed by atoms with Gasteiger partial charge >= 0.3 is 0 Å². The van der Waals surface area contributed by atoms with E-state index in [1.54, 1.807) is 6.33 Å². The Hall–Kier alpha value is -2.64. The zero-order chi connectivity index (χ0) is 20.0. The van der Waals surface area contributed by atoms with Gasteiger partial charge in [-0.05, 0) is 38.5 Å². The smallest absolute Gasteiger partial charge is 0.143 e. The number of aromatic amines is 1. The predicted molar refractivity (Wildman–Crippen MR) is 112 cm³/mol. The summed E-state index contributed by atoms with van der Waals surface area (Å²) in [5, 5.41) is 4.75. The van der Waals surface area contributed by atoms with E-state index in [2.05, 4.69) is 63.3 Å². The van der Waals surface area contributed by atoms with Gasteiger partial charge in [0.25, 0.3) is 0 Å². The molecular weight excluding hydrogens is 366 g/mol. The van der Waals surface area contributed by atoms with Gasteiger partial charge in [-0.25, -0.2) is 9.97 Å². The topological polar surface area (TPSA) is 75.3 Å². The number of benzene rings is 1. The highest BCUT2D eigenvalue weighted by atomic mass is 16.5. The Labute approximate surface area is 170 Å². The third kappa shape index (κ3) is 3.45. The Morgan fingerprint density at radius 1 is 1.21 bits per heavy atom. The fourth-order valence-electron chi connectivity index (χ4n) is 4.47. The summed E-state index contributed by atoms with van der Waals surface area (Å²) in [5.41, 5.74) is 4.30. The second-order valence-corrected chi connectivity index (χ2v) is 8.15. The fraction of sp³-hybridized carbons (Fsp3) is 0.455. The number of H-pyrrole nitrogens is 1. The van der Waals surface area contributed by atoms with Crippen LogP contribution in [-0.4, -0.2) is 58.3 Å². The van der Waals surface area contributed by atoms with Crippen molar-refractivity contribution in [2.75, 3.05) is 31.6 Å². The second-order valence-electron chi connectivity index (χ2n) is 8.15. The predicted octanol–water partition coefficient (Wildman–Crippen LogP) is 3.21. The second kappa shape index (κ2) is 7.31. The van der Waals surface area contributed by atoms with Crippen LogP contribution in [0.5, 0.6) is 5.75 Å². The molecule has 5 rings (SSSR count). The van der Waals surface area contributed by atoms with Crippen molar-refractivity contribution in [1.29, 1.82) is 0 Å². The molecule has 29 heavy (non-hydrogen) atoms. The molecule has 1 fully saturated rings. The lowest BCUT2D eigenvalue weighted by Gasteiger charge is -2.43. The molecule has 1 aromatic carbocycles. The molecular formula is C22H27N5O2. The SMILES string of the molecule is Cc1ccc2c(c1)OCC(N1CCOC(C)C1)C2Nc1ncnc2[nH]c(C)cc12. The number of aryl methyl sites for hydroxylation is 2. The molecule has 0 bridgehead atoms. The monoisotopic (exact) mass is 393 g/mol. The summed E-state index contributed by atoms with van der Waals surface area (Å²) < 4.78 is 12.0. The molecule has 2 N–H and O–H groups in total.